The molecule has 0 saturated heterocycles. The van der Waals surface area contributed by atoms with E-state index in [9.17, 15) is 9.18 Å². The molecule has 0 bridgehead atoms. The molecular weight excluding hydrogens is 229 g/mol. The molecule has 0 spiro atoms. The van der Waals surface area contributed by atoms with Crippen LogP contribution >= 0.6 is 12.4 Å². The van der Waals surface area contributed by atoms with Crippen LogP contribution in [-0.4, -0.2) is 11.8 Å². The van der Waals surface area contributed by atoms with E-state index in [1.54, 1.807) is 0 Å². The van der Waals surface area contributed by atoms with E-state index < -0.39 is 6.04 Å². The van der Waals surface area contributed by atoms with E-state index in [1.807, 2.05) is 20.8 Å². The molecule has 0 aliphatic rings. The normalized spacial score (nSPS) is 12.8. The topological polar surface area (TPSA) is 43.1 Å². The van der Waals surface area contributed by atoms with Crippen molar-refractivity contribution in [2.75, 3.05) is 0 Å². The summed E-state index contributed by atoms with van der Waals surface area (Å²) in [5.41, 5.74) is 5.99. The van der Waals surface area contributed by atoms with Gasteiger partial charge in [0.25, 0.3) is 0 Å². The number of halogens is 2. The standard InChI is InChI=1S/C12H16FNO.ClH/c1-12(2,3)11(14)10(15)8-4-6-9(13)7-5-8;/h4-7,11H,14H2,1-3H3;1H/t11-;/m1./s1. The van der Waals surface area contributed by atoms with Gasteiger partial charge in [0.2, 0.25) is 0 Å². The first kappa shape index (κ1) is 15.1. The molecule has 1 atom stereocenters. The van der Waals surface area contributed by atoms with E-state index in [0.29, 0.717) is 5.56 Å². The first-order valence-electron chi connectivity index (χ1n) is 4.88. The van der Waals surface area contributed by atoms with Gasteiger partial charge in [-0.15, -0.1) is 12.4 Å². The number of carbonyl (C=O) groups is 1. The predicted octanol–water partition coefficient (Wildman–Crippen LogP) is 2.80. The van der Waals surface area contributed by atoms with Crippen LogP contribution < -0.4 is 5.73 Å². The highest BCUT2D eigenvalue weighted by Gasteiger charge is 2.27. The molecule has 0 aromatic heterocycles. The Morgan fingerprint density at radius 2 is 1.69 bits per heavy atom. The van der Waals surface area contributed by atoms with Crippen molar-refractivity contribution in [1.82, 2.24) is 0 Å². The summed E-state index contributed by atoms with van der Waals surface area (Å²) in [6, 6.07) is 4.89. The van der Waals surface area contributed by atoms with Gasteiger partial charge in [0.1, 0.15) is 5.82 Å². The number of rotatable bonds is 2. The monoisotopic (exact) mass is 245 g/mol. The zero-order valence-electron chi connectivity index (χ0n) is 9.66. The Hall–Kier alpha value is -0.930. The second-order valence-electron chi connectivity index (χ2n) is 4.71. The Morgan fingerprint density at radius 3 is 2.06 bits per heavy atom. The van der Waals surface area contributed by atoms with Crippen LogP contribution in [0.15, 0.2) is 24.3 Å². The van der Waals surface area contributed by atoms with Crippen molar-refractivity contribution in [1.29, 1.82) is 0 Å². The number of hydrogen-bond donors (Lipinski definition) is 1. The van der Waals surface area contributed by atoms with Crippen LogP contribution in [0.4, 0.5) is 4.39 Å². The zero-order valence-corrected chi connectivity index (χ0v) is 10.5. The third-order valence-corrected chi connectivity index (χ3v) is 2.34. The third kappa shape index (κ3) is 3.58. The second kappa shape index (κ2) is 5.41. The molecule has 0 aliphatic heterocycles. The first-order chi connectivity index (χ1) is 6.82. The molecule has 0 aliphatic carbocycles. The summed E-state index contributed by atoms with van der Waals surface area (Å²) in [5.74, 6) is -0.501. The maximum Gasteiger partial charge on any atom is 0.180 e. The highest BCUT2D eigenvalue weighted by Crippen LogP contribution is 2.20. The largest absolute Gasteiger partial charge is 0.321 e. The van der Waals surface area contributed by atoms with Crippen LogP contribution in [0.3, 0.4) is 0 Å². The lowest BCUT2D eigenvalue weighted by Gasteiger charge is -2.25. The smallest absolute Gasteiger partial charge is 0.180 e. The van der Waals surface area contributed by atoms with E-state index in [2.05, 4.69) is 0 Å². The van der Waals surface area contributed by atoms with E-state index in [1.165, 1.54) is 24.3 Å². The number of carbonyl (C=O) groups excluding carboxylic acids is 1. The van der Waals surface area contributed by atoms with Gasteiger partial charge in [0.15, 0.2) is 5.78 Å². The fourth-order valence-electron chi connectivity index (χ4n) is 1.19. The number of Topliss-reactive ketones (excluding diaryl/α,β-unsaturated/α-hetero) is 1. The van der Waals surface area contributed by atoms with Gasteiger partial charge in [-0.05, 0) is 29.7 Å². The quantitative estimate of drug-likeness (QED) is 0.815. The van der Waals surface area contributed by atoms with Gasteiger partial charge in [-0.1, -0.05) is 20.8 Å². The van der Waals surface area contributed by atoms with Crippen molar-refractivity contribution in [3.63, 3.8) is 0 Å². The Labute approximate surface area is 101 Å². The Bertz CT molecular complexity index is 356. The van der Waals surface area contributed by atoms with Gasteiger partial charge < -0.3 is 5.73 Å². The predicted molar refractivity (Wildman–Crippen MR) is 65.4 cm³/mol. The summed E-state index contributed by atoms with van der Waals surface area (Å²) in [7, 11) is 0. The summed E-state index contributed by atoms with van der Waals surface area (Å²) in [4.78, 5) is 11.9. The molecule has 0 saturated carbocycles. The highest BCUT2D eigenvalue weighted by molar-refractivity contribution is 6.00. The Kier molecular flexibility index (Phi) is 5.10. The van der Waals surface area contributed by atoms with E-state index in [-0.39, 0.29) is 29.4 Å². The molecule has 1 aromatic rings. The molecule has 16 heavy (non-hydrogen) atoms. The first-order valence-corrected chi connectivity index (χ1v) is 4.88. The van der Waals surface area contributed by atoms with Crippen molar-refractivity contribution >= 4 is 18.2 Å². The van der Waals surface area contributed by atoms with Crippen LogP contribution in [0.2, 0.25) is 0 Å². The van der Waals surface area contributed by atoms with Crippen LogP contribution in [0.5, 0.6) is 0 Å². The average molecular weight is 246 g/mol. The van der Waals surface area contributed by atoms with Crippen LogP contribution in [0.25, 0.3) is 0 Å². The minimum Gasteiger partial charge on any atom is -0.321 e. The van der Waals surface area contributed by atoms with Crippen molar-refractivity contribution in [2.24, 2.45) is 11.1 Å². The molecule has 0 fully saturated rings. The van der Waals surface area contributed by atoms with E-state index >= 15 is 0 Å². The van der Waals surface area contributed by atoms with E-state index in [4.69, 9.17) is 5.73 Å². The molecule has 2 N–H and O–H groups in total. The Balaban J connectivity index is 0.00000225. The molecule has 0 amide bonds. The molecule has 1 aromatic carbocycles. The molecule has 90 valence electrons. The molecule has 1 rings (SSSR count). The van der Waals surface area contributed by atoms with E-state index in [0.717, 1.165) is 0 Å². The maximum atomic E-state index is 12.6. The molecule has 0 radical (unpaired) electrons. The van der Waals surface area contributed by atoms with Gasteiger partial charge in [-0.25, -0.2) is 4.39 Å². The summed E-state index contributed by atoms with van der Waals surface area (Å²) in [6.07, 6.45) is 0. The highest BCUT2D eigenvalue weighted by atomic mass is 35.5. The summed E-state index contributed by atoms with van der Waals surface area (Å²) in [5, 5.41) is 0. The molecule has 2 nitrogen and oxygen atoms in total. The number of benzene rings is 1. The van der Waals surface area contributed by atoms with Crippen LogP contribution in [-0.2, 0) is 0 Å². The molecule has 0 heterocycles. The van der Waals surface area contributed by atoms with Gasteiger partial charge >= 0.3 is 0 Å². The van der Waals surface area contributed by atoms with Crippen molar-refractivity contribution in [2.45, 2.75) is 26.8 Å². The van der Waals surface area contributed by atoms with Crippen molar-refractivity contribution < 1.29 is 9.18 Å². The van der Waals surface area contributed by atoms with Crippen molar-refractivity contribution in [3.8, 4) is 0 Å². The third-order valence-electron chi connectivity index (χ3n) is 2.34. The summed E-state index contributed by atoms with van der Waals surface area (Å²) >= 11 is 0. The fraction of sp³-hybridized carbons (Fsp3) is 0.417. The Morgan fingerprint density at radius 1 is 1.25 bits per heavy atom. The number of ketones is 1. The summed E-state index contributed by atoms with van der Waals surface area (Å²) < 4.78 is 12.6. The summed E-state index contributed by atoms with van der Waals surface area (Å²) in [6.45, 7) is 5.71. The minimum absolute atomic E-state index is 0. The average Bonchev–Trinajstić information content (AvgIpc) is 2.15. The lowest BCUT2D eigenvalue weighted by atomic mass is 9.83. The lowest BCUT2D eigenvalue weighted by Crippen LogP contribution is -2.42. The lowest BCUT2D eigenvalue weighted by molar-refractivity contribution is 0.0901. The second-order valence-corrected chi connectivity index (χ2v) is 4.71. The maximum absolute atomic E-state index is 12.6. The minimum atomic E-state index is -0.567. The van der Waals surface area contributed by atoms with Gasteiger partial charge in [-0.3, -0.25) is 4.79 Å². The number of nitrogens with two attached hydrogens (primary N) is 1. The van der Waals surface area contributed by atoms with Gasteiger partial charge in [-0.2, -0.15) is 0 Å². The van der Waals surface area contributed by atoms with Crippen molar-refractivity contribution in [3.05, 3.63) is 35.6 Å². The SMILES string of the molecule is CC(C)(C)[C@H](N)C(=O)c1ccc(F)cc1.Cl. The van der Waals surface area contributed by atoms with Gasteiger partial charge in [0.05, 0.1) is 6.04 Å². The zero-order chi connectivity index (χ0) is 11.6. The molecular formula is C12H17ClFNO. The van der Waals surface area contributed by atoms with Gasteiger partial charge in [0, 0.05) is 5.56 Å². The fourth-order valence-corrected chi connectivity index (χ4v) is 1.19. The molecule has 4 heteroatoms. The van der Waals surface area contributed by atoms with Crippen LogP contribution in [0.1, 0.15) is 31.1 Å². The molecule has 0 unspecified atom stereocenters. The van der Waals surface area contributed by atoms with Crippen LogP contribution in [0, 0.1) is 11.2 Å². The number of hydrogen-bond acceptors (Lipinski definition) is 2.